The molecule has 0 saturated heterocycles. The van der Waals surface area contributed by atoms with Crippen LogP contribution in [0.25, 0.3) is 0 Å². The highest BCUT2D eigenvalue weighted by atomic mass is 32.2. The fourth-order valence-electron chi connectivity index (χ4n) is 1.37. The molecule has 0 spiro atoms. The van der Waals surface area contributed by atoms with Crippen molar-refractivity contribution in [3.05, 3.63) is 24.5 Å². The van der Waals surface area contributed by atoms with Gasteiger partial charge in [0.2, 0.25) is 10.0 Å². The number of guanidine groups is 1. The van der Waals surface area contributed by atoms with Crippen LogP contribution >= 0.6 is 0 Å². The Morgan fingerprint density at radius 3 is 2.70 bits per heavy atom. The van der Waals surface area contributed by atoms with Crippen LogP contribution in [-0.4, -0.2) is 38.0 Å². The molecule has 0 amide bonds. The summed E-state index contributed by atoms with van der Waals surface area (Å²) < 4.78 is 26.2. The zero-order valence-electron chi connectivity index (χ0n) is 11.9. The van der Waals surface area contributed by atoms with E-state index in [1.165, 1.54) is 18.5 Å². The highest BCUT2D eigenvalue weighted by Crippen LogP contribution is 2.04. The maximum Gasteiger partial charge on any atom is 0.242 e. The maximum absolute atomic E-state index is 11.9. The molecule has 0 aromatic carbocycles. The fraction of sp³-hybridized carbons (Fsp3) is 0.500. The smallest absolute Gasteiger partial charge is 0.242 e. The van der Waals surface area contributed by atoms with Crippen molar-refractivity contribution in [3.8, 4) is 0 Å². The van der Waals surface area contributed by atoms with Crippen molar-refractivity contribution in [2.24, 2.45) is 10.7 Å². The number of pyridine rings is 1. The lowest BCUT2D eigenvalue weighted by Gasteiger charge is -2.20. The number of hydrogen-bond donors (Lipinski definition) is 3. The van der Waals surface area contributed by atoms with Crippen LogP contribution < -0.4 is 15.8 Å². The van der Waals surface area contributed by atoms with Crippen molar-refractivity contribution in [2.75, 3.05) is 13.1 Å². The van der Waals surface area contributed by atoms with Gasteiger partial charge in [0.15, 0.2) is 5.96 Å². The zero-order chi connectivity index (χ0) is 15.2. The van der Waals surface area contributed by atoms with Crippen molar-refractivity contribution >= 4 is 16.0 Å². The lowest BCUT2D eigenvalue weighted by Crippen LogP contribution is -2.45. The van der Waals surface area contributed by atoms with Crippen molar-refractivity contribution in [1.82, 2.24) is 15.0 Å². The largest absolute Gasteiger partial charge is 0.370 e. The number of aliphatic imine (C=N–C) groups is 1. The van der Waals surface area contributed by atoms with Gasteiger partial charge in [-0.25, -0.2) is 13.1 Å². The molecule has 7 nitrogen and oxygen atoms in total. The Morgan fingerprint density at radius 2 is 2.15 bits per heavy atom. The highest BCUT2D eigenvalue weighted by Gasteiger charge is 2.13. The number of aromatic nitrogens is 1. The minimum absolute atomic E-state index is 0.129. The third-order valence-corrected chi connectivity index (χ3v) is 3.58. The predicted molar refractivity (Wildman–Crippen MR) is 78.8 cm³/mol. The summed E-state index contributed by atoms with van der Waals surface area (Å²) in [7, 11) is -3.54. The molecule has 0 unspecified atom stereocenters. The average Bonchev–Trinajstić information content (AvgIpc) is 2.34. The van der Waals surface area contributed by atoms with E-state index in [0.29, 0.717) is 0 Å². The van der Waals surface area contributed by atoms with E-state index in [1.807, 2.05) is 20.8 Å². The summed E-state index contributed by atoms with van der Waals surface area (Å²) in [5.41, 5.74) is 5.49. The van der Waals surface area contributed by atoms with Crippen molar-refractivity contribution in [1.29, 1.82) is 0 Å². The number of rotatable bonds is 5. The van der Waals surface area contributed by atoms with Crippen LogP contribution in [0.3, 0.4) is 0 Å². The number of sulfonamides is 1. The van der Waals surface area contributed by atoms with E-state index in [1.54, 1.807) is 6.07 Å². The molecular weight excluding hydrogens is 278 g/mol. The Balaban J connectivity index is 2.47. The second kappa shape index (κ2) is 6.67. The monoisotopic (exact) mass is 299 g/mol. The molecule has 8 heteroatoms. The van der Waals surface area contributed by atoms with Gasteiger partial charge in [-0.2, -0.15) is 0 Å². The van der Waals surface area contributed by atoms with E-state index in [0.717, 1.165) is 0 Å². The zero-order valence-corrected chi connectivity index (χ0v) is 12.7. The van der Waals surface area contributed by atoms with Gasteiger partial charge < -0.3 is 11.1 Å². The van der Waals surface area contributed by atoms with Gasteiger partial charge in [0, 0.05) is 24.5 Å². The first-order valence-electron chi connectivity index (χ1n) is 6.18. The molecule has 0 bridgehead atoms. The van der Waals surface area contributed by atoms with Gasteiger partial charge in [0.1, 0.15) is 4.90 Å². The highest BCUT2D eigenvalue weighted by molar-refractivity contribution is 7.89. The Morgan fingerprint density at radius 1 is 1.45 bits per heavy atom. The Hall–Kier alpha value is -1.67. The molecule has 20 heavy (non-hydrogen) atoms. The standard InChI is InChI=1S/C12H21N5O2S/c1-12(2,3)17-11(13)15-7-8-16-20(18,19)10-5-4-6-14-9-10/h4-6,9,16H,7-8H2,1-3H3,(H3,13,15,17). The van der Waals surface area contributed by atoms with Crippen LogP contribution in [0.5, 0.6) is 0 Å². The molecule has 112 valence electrons. The molecule has 0 aliphatic heterocycles. The van der Waals surface area contributed by atoms with Crippen LogP contribution in [-0.2, 0) is 10.0 Å². The van der Waals surface area contributed by atoms with Gasteiger partial charge in [-0.3, -0.25) is 9.98 Å². The Kier molecular flexibility index (Phi) is 5.46. The summed E-state index contributed by atoms with van der Waals surface area (Å²) in [6.07, 6.45) is 2.81. The molecule has 0 radical (unpaired) electrons. The average molecular weight is 299 g/mol. The fourth-order valence-corrected chi connectivity index (χ4v) is 2.35. The molecule has 0 aliphatic carbocycles. The minimum Gasteiger partial charge on any atom is -0.370 e. The first-order chi connectivity index (χ1) is 9.21. The summed E-state index contributed by atoms with van der Waals surface area (Å²) in [6, 6.07) is 3.05. The Labute approximate surface area is 119 Å². The van der Waals surface area contributed by atoms with Crippen LogP contribution in [0.2, 0.25) is 0 Å². The van der Waals surface area contributed by atoms with Crippen LogP contribution in [0.1, 0.15) is 20.8 Å². The van der Waals surface area contributed by atoms with E-state index in [2.05, 4.69) is 20.0 Å². The molecule has 1 aromatic rings. The van der Waals surface area contributed by atoms with E-state index in [9.17, 15) is 8.42 Å². The van der Waals surface area contributed by atoms with Crippen molar-refractivity contribution < 1.29 is 8.42 Å². The maximum atomic E-state index is 11.9. The molecule has 0 atom stereocenters. The molecule has 4 N–H and O–H groups in total. The molecule has 1 heterocycles. The number of nitrogens with zero attached hydrogens (tertiary/aromatic N) is 2. The van der Waals surface area contributed by atoms with E-state index in [4.69, 9.17) is 5.73 Å². The van der Waals surface area contributed by atoms with Crippen LogP contribution in [0, 0.1) is 0 Å². The lowest BCUT2D eigenvalue weighted by atomic mass is 10.1. The van der Waals surface area contributed by atoms with Gasteiger partial charge in [-0.05, 0) is 32.9 Å². The molecule has 0 saturated carbocycles. The predicted octanol–water partition coefficient (Wildman–Crippen LogP) is 0.0627. The molecule has 0 fully saturated rings. The molecular formula is C12H21N5O2S. The Bertz CT molecular complexity index is 549. The SMILES string of the molecule is CC(C)(C)NC(N)=NCCNS(=O)(=O)c1cccnc1. The van der Waals surface area contributed by atoms with Crippen molar-refractivity contribution in [2.45, 2.75) is 31.2 Å². The molecule has 0 aliphatic rings. The lowest BCUT2D eigenvalue weighted by molar-refractivity contribution is 0.508. The minimum atomic E-state index is -3.54. The second-order valence-electron chi connectivity index (χ2n) is 5.23. The topological polar surface area (TPSA) is 109 Å². The summed E-state index contributed by atoms with van der Waals surface area (Å²) in [6.45, 7) is 6.31. The third-order valence-electron chi connectivity index (χ3n) is 2.13. The van der Waals surface area contributed by atoms with Gasteiger partial charge in [-0.15, -0.1) is 0 Å². The molecule has 1 aromatic heterocycles. The van der Waals surface area contributed by atoms with Crippen LogP contribution in [0.4, 0.5) is 0 Å². The number of nitrogens with two attached hydrogens (primary N) is 1. The van der Waals surface area contributed by atoms with Gasteiger partial charge in [0.25, 0.3) is 0 Å². The number of hydrogen-bond acceptors (Lipinski definition) is 4. The number of nitrogens with one attached hydrogen (secondary N) is 2. The molecule has 1 rings (SSSR count). The van der Waals surface area contributed by atoms with Gasteiger partial charge in [-0.1, -0.05) is 0 Å². The van der Waals surface area contributed by atoms with E-state index in [-0.39, 0.29) is 29.5 Å². The van der Waals surface area contributed by atoms with Gasteiger partial charge in [0.05, 0.1) is 6.54 Å². The normalized spacial score (nSPS) is 13.2. The van der Waals surface area contributed by atoms with Gasteiger partial charge >= 0.3 is 0 Å². The summed E-state index contributed by atoms with van der Waals surface area (Å²) in [4.78, 5) is 7.95. The summed E-state index contributed by atoms with van der Waals surface area (Å²) in [5.74, 6) is 0.290. The first kappa shape index (κ1) is 16.4. The first-order valence-corrected chi connectivity index (χ1v) is 7.67. The second-order valence-corrected chi connectivity index (χ2v) is 7.00. The summed E-state index contributed by atoms with van der Waals surface area (Å²) >= 11 is 0. The quantitative estimate of drug-likeness (QED) is 0.405. The van der Waals surface area contributed by atoms with E-state index < -0.39 is 10.0 Å². The van der Waals surface area contributed by atoms with E-state index >= 15 is 0 Å². The van der Waals surface area contributed by atoms with Crippen LogP contribution in [0.15, 0.2) is 34.4 Å². The summed E-state index contributed by atoms with van der Waals surface area (Å²) in [5, 5.41) is 2.99. The third kappa shape index (κ3) is 5.98. The van der Waals surface area contributed by atoms with Crippen molar-refractivity contribution in [3.63, 3.8) is 0 Å².